The lowest BCUT2D eigenvalue weighted by atomic mass is 10.1. The Labute approximate surface area is 185 Å². The second kappa shape index (κ2) is 8.89. The third-order valence-corrected chi connectivity index (χ3v) is 5.08. The fraction of sp³-hybridized carbons (Fsp3) is 0.167. The zero-order valence-electron chi connectivity index (χ0n) is 18.2. The number of nitrogens with one attached hydrogen (secondary N) is 1. The van der Waals surface area contributed by atoms with Crippen molar-refractivity contribution < 1.29 is 23.7 Å². The Hall–Kier alpha value is -4.20. The molecule has 1 aromatic heterocycles. The van der Waals surface area contributed by atoms with E-state index in [9.17, 15) is 4.79 Å². The van der Waals surface area contributed by atoms with E-state index in [1.807, 2.05) is 47.0 Å². The van der Waals surface area contributed by atoms with Gasteiger partial charge in [-0.15, -0.1) is 0 Å². The van der Waals surface area contributed by atoms with E-state index in [-0.39, 0.29) is 5.91 Å². The molecule has 8 nitrogen and oxygen atoms in total. The van der Waals surface area contributed by atoms with Crippen molar-refractivity contribution in [1.29, 1.82) is 0 Å². The molecule has 4 aromatic rings. The van der Waals surface area contributed by atoms with E-state index in [4.69, 9.17) is 18.9 Å². The molecule has 32 heavy (non-hydrogen) atoms. The van der Waals surface area contributed by atoms with Crippen LogP contribution in [0.1, 0.15) is 10.4 Å². The van der Waals surface area contributed by atoms with Crippen LogP contribution in [0.15, 0.2) is 60.9 Å². The van der Waals surface area contributed by atoms with E-state index in [2.05, 4.69) is 10.3 Å². The molecule has 0 saturated heterocycles. The number of nitrogens with zero attached hydrogens (tertiary/aromatic N) is 2. The van der Waals surface area contributed by atoms with Gasteiger partial charge in [-0.3, -0.25) is 9.36 Å². The number of methoxy groups -OCH3 is 4. The number of anilines is 1. The monoisotopic (exact) mass is 433 g/mol. The predicted octanol–water partition coefficient (Wildman–Crippen LogP) is 4.31. The van der Waals surface area contributed by atoms with Gasteiger partial charge in [0.2, 0.25) is 5.75 Å². The van der Waals surface area contributed by atoms with Gasteiger partial charge in [-0.25, -0.2) is 4.98 Å². The first-order chi connectivity index (χ1) is 15.6. The van der Waals surface area contributed by atoms with E-state index in [0.717, 1.165) is 22.5 Å². The highest BCUT2D eigenvalue weighted by Crippen LogP contribution is 2.38. The summed E-state index contributed by atoms with van der Waals surface area (Å²) in [7, 11) is 6.16. The number of hydrogen-bond donors (Lipinski definition) is 1. The summed E-state index contributed by atoms with van der Waals surface area (Å²) in [5.74, 6) is 1.72. The van der Waals surface area contributed by atoms with Crippen molar-refractivity contribution in [2.45, 2.75) is 0 Å². The second-order valence-corrected chi connectivity index (χ2v) is 6.88. The fourth-order valence-electron chi connectivity index (χ4n) is 3.45. The molecule has 0 spiro atoms. The topological polar surface area (TPSA) is 83.8 Å². The summed E-state index contributed by atoms with van der Waals surface area (Å²) in [5.41, 5.74) is 3.63. The Balaban J connectivity index is 1.60. The predicted molar refractivity (Wildman–Crippen MR) is 122 cm³/mol. The number of hydrogen-bond acceptors (Lipinski definition) is 6. The molecule has 0 aliphatic rings. The first-order valence-electron chi connectivity index (χ1n) is 9.80. The molecule has 4 rings (SSSR count). The summed E-state index contributed by atoms with van der Waals surface area (Å²) in [6.07, 6.45) is 1.75. The maximum atomic E-state index is 12.9. The molecular weight excluding hydrogens is 410 g/mol. The Kier molecular flexibility index (Phi) is 5.85. The summed E-state index contributed by atoms with van der Waals surface area (Å²) in [6.45, 7) is 0. The van der Waals surface area contributed by atoms with E-state index in [0.29, 0.717) is 28.5 Å². The van der Waals surface area contributed by atoms with Crippen molar-refractivity contribution >= 4 is 22.6 Å². The van der Waals surface area contributed by atoms with Gasteiger partial charge in [0.05, 0.1) is 39.5 Å². The van der Waals surface area contributed by atoms with Crippen molar-refractivity contribution in [3.63, 3.8) is 0 Å². The molecule has 3 aromatic carbocycles. The number of benzene rings is 3. The third-order valence-electron chi connectivity index (χ3n) is 5.08. The molecule has 0 aliphatic heterocycles. The van der Waals surface area contributed by atoms with Gasteiger partial charge in [-0.1, -0.05) is 0 Å². The van der Waals surface area contributed by atoms with Crippen LogP contribution in [-0.4, -0.2) is 43.9 Å². The van der Waals surface area contributed by atoms with Crippen molar-refractivity contribution in [1.82, 2.24) is 9.55 Å². The molecule has 0 radical (unpaired) electrons. The summed E-state index contributed by atoms with van der Waals surface area (Å²) >= 11 is 0. The smallest absolute Gasteiger partial charge is 0.255 e. The SMILES string of the molecule is COc1ccc(-n2cnc3cc(NC(=O)c4cc(OC)c(OC)c(OC)c4)ccc32)cc1. The highest BCUT2D eigenvalue weighted by atomic mass is 16.5. The van der Waals surface area contributed by atoms with E-state index < -0.39 is 0 Å². The summed E-state index contributed by atoms with van der Waals surface area (Å²) in [4.78, 5) is 17.4. The van der Waals surface area contributed by atoms with Crippen LogP contribution in [0, 0.1) is 0 Å². The minimum atomic E-state index is -0.307. The average Bonchev–Trinajstić information content (AvgIpc) is 3.26. The molecule has 1 heterocycles. The summed E-state index contributed by atoms with van der Waals surface area (Å²) < 4.78 is 23.2. The van der Waals surface area contributed by atoms with Crippen molar-refractivity contribution in [2.75, 3.05) is 33.8 Å². The van der Waals surface area contributed by atoms with Crippen molar-refractivity contribution in [3.05, 3.63) is 66.5 Å². The molecule has 0 atom stereocenters. The number of aromatic nitrogens is 2. The van der Waals surface area contributed by atoms with Gasteiger partial charge in [-0.05, 0) is 54.6 Å². The van der Waals surface area contributed by atoms with Crippen LogP contribution in [0.3, 0.4) is 0 Å². The minimum absolute atomic E-state index is 0.307. The maximum absolute atomic E-state index is 12.9. The van der Waals surface area contributed by atoms with Gasteiger partial charge < -0.3 is 24.3 Å². The van der Waals surface area contributed by atoms with Crippen LogP contribution in [0.5, 0.6) is 23.0 Å². The zero-order chi connectivity index (χ0) is 22.7. The average molecular weight is 433 g/mol. The van der Waals surface area contributed by atoms with Crippen molar-refractivity contribution in [3.8, 4) is 28.7 Å². The number of carbonyl (C=O) groups excluding carboxylic acids is 1. The number of rotatable bonds is 7. The number of amides is 1. The number of carbonyl (C=O) groups is 1. The highest BCUT2D eigenvalue weighted by Gasteiger charge is 2.17. The molecule has 1 N–H and O–H groups in total. The summed E-state index contributed by atoms with van der Waals surface area (Å²) in [5, 5.41) is 2.90. The highest BCUT2D eigenvalue weighted by molar-refractivity contribution is 6.05. The van der Waals surface area contributed by atoms with Gasteiger partial charge in [0.15, 0.2) is 11.5 Å². The van der Waals surface area contributed by atoms with Crippen LogP contribution in [0.4, 0.5) is 5.69 Å². The Morgan fingerprint density at radius 3 is 2.12 bits per heavy atom. The molecule has 0 saturated carbocycles. The standard InChI is InChI=1S/C24H23N3O5/c1-29-18-8-6-17(7-9-18)27-14-25-19-13-16(5-10-20(19)27)26-24(28)15-11-21(30-2)23(32-4)22(12-15)31-3/h5-14H,1-4H3,(H,26,28). The van der Waals surface area contributed by atoms with E-state index in [1.165, 1.54) is 21.3 Å². The van der Waals surface area contributed by atoms with Gasteiger partial charge in [-0.2, -0.15) is 0 Å². The minimum Gasteiger partial charge on any atom is -0.497 e. The fourth-order valence-corrected chi connectivity index (χ4v) is 3.45. The number of fused-ring (bicyclic) bond motifs is 1. The van der Waals surface area contributed by atoms with Crippen LogP contribution in [0.2, 0.25) is 0 Å². The lowest BCUT2D eigenvalue weighted by molar-refractivity contribution is 0.102. The van der Waals surface area contributed by atoms with Gasteiger partial charge >= 0.3 is 0 Å². The molecule has 0 fully saturated rings. The van der Waals surface area contributed by atoms with E-state index in [1.54, 1.807) is 25.6 Å². The Bertz CT molecular complexity index is 1240. The lowest BCUT2D eigenvalue weighted by Crippen LogP contribution is -2.12. The first-order valence-corrected chi connectivity index (χ1v) is 9.80. The molecule has 0 aliphatic carbocycles. The van der Waals surface area contributed by atoms with Crippen LogP contribution < -0.4 is 24.3 Å². The molecule has 0 unspecified atom stereocenters. The van der Waals surface area contributed by atoms with Gasteiger partial charge in [0.1, 0.15) is 12.1 Å². The summed E-state index contributed by atoms with van der Waals surface area (Å²) in [6, 6.07) is 16.5. The normalized spacial score (nSPS) is 10.6. The van der Waals surface area contributed by atoms with Gasteiger partial charge in [0, 0.05) is 16.9 Å². The third kappa shape index (κ3) is 3.90. The maximum Gasteiger partial charge on any atom is 0.255 e. The second-order valence-electron chi connectivity index (χ2n) is 6.88. The first kappa shape index (κ1) is 21.0. The van der Waals surface area contributed by atoms with Crippen LogP contribution >= 0.6 is 0 Å². The van der Waals surface area contributed by atoms with E-state index >= 15 is 0 Å². The Morgan fingerprint density at radius 2 is 1.53 bits per heavy atom. The molecule has 8 heteroatoms. The molecular formula is C24H23N3O5. The number of ether oxygens (including phenoxy) is 4. The van der Waals surface area contributed by atoms with Crippen LogP contribution in [-0.2, 0) is 0 Å². The lowest BCUT2D eigenvalue weighted by Gasteiger charge is -2.14. The quantitative estimate of drug-likeness (QED) is 0.468. The largest absolute Gasteiger partial charge is 0.497 e. The molecule has 1 amide bonds. The molecule has 164 valence electrons. The van der Waals surface area contributed by atoms with Crippen LogP contribution in [0.25, 0.3) is 16.7 Å². The van der Waals surface area contributed by atoms with Crippen molar-refractivity contribution in [2.24, 2.45) is 0 Å². The number of imidazole rings is 1. The van der Waals surface area contributed by atoms with Gasteiger partial charge in [0.25, 0.3) is 5.91 Å². The zero-order valence-corrected chi connectivity index (χ0v) is 18.2. The Morgan fingerprint density at radius 1 is 0.844 bits per heavy atom. The molecule has 0 bridgehead atoms.